The van der Waals surface area contributed by atoms with Crippen molar-refractivity contribution in [2.24, 2.45) is 0 Å². The molecule has 19 heteroatoms. The minimum atomic E-state index is -1.46. The van der Waals surface area contributed by atoms with Crippen molar-refractivity contribution in [2.75, 3.05) is 7.11 Å². The number of pyridine rings is 3. The van der Waals surface area contributed by atoms with Crippen LogP contribution in [0.4, 0.5) is 0 Å². The van der Waals surface area contributed by atoms with Gasteiger partial charge in [-0.25, -0.2) is 15.0 Å². The van der Waals surface area contributed by atoms with E-state index in [1.807, 2.05) is 209 Å². The van der Waals surface area contributed by atoms with Gasteiger partial charge in [0.25, 0.3) is 6.47 Å². The van der Waals surface area contributed by atoms with Crippen molar-refractivity contribution in [1.82, 2.24) is 33.3 Å². The van der Waals surface area contributed by atoms with E-state index in [1.165, 1.54) is 5.56 Å². The Morgan fingerprint density at radius 1 is 0.588 bits per heavy atom. The summed E-state index contributed by atoms with van der Waals surface area (Å²) in [5.41, 5.74) is 17.3. The van der Waals surface area contributed by atoms with E-state index in [9.17, 15) is 4.79 Å². The topological polar surface area (TPSA) is 165 Å². The number of imidazole rings is 3. The quantitative estimate of drug-likeness (QED) is 0.0492. The molecule has 0 amide bonds. The molecule has 7 heterocycles. The maximum absolute atomic E-state index is 9.97. The van der Waals surface area contributed by atoms with E-state index in [2.05, 4.69) is 68.6 Å². The summed E-state index contributed by atoms with van der Waals surface area (Å²) in [6.07, 6.45) is 13.7. The molecule has 0 aliphatic carbocycles. The van der Waals surface area contributed by atoms with Gasteiger partial charge in [-0.15, -0.1) is 12.0 Å². The molecule has 85 heavy (non-hydrogen) atoms. The number of benzene rings is 5. The Morgan fingerprint density at radius 2 is 0.988 bits per heavy atom. The first-order valence-corrected chi connectivity index (χ1v) is 30.3. The molecule has 12 rings (SSSR count). The first-order valence-electron chi connectivity index (χ1n) is 25.7. The fourth-order valence-corrected chi connectivity index (χ4v) is 9.05. The van der Waals surface area contributed by atoms with Gasteiger partial charge in [0.05, 0.1) is 5.69 Å². The van der Waals surface area contributed by atoms with Crippen LogP contribution in [0.25, 0.3) is 62.2 Å². The summed E-state index contributed by atoms with van der Waals surface area (Å²) in [5.74, 6) is 6.76. The molecular formula is C66H56Cl3K2N7O6Si. The van der Waals surface area contributed by atoms with Crippen LogP contribution in [0.1, 0.15) is 29.6 Å². The third-order valence-electron chi connectivity index (χ3n) is 11.9. The van der Waals surface area contributed by atoms with Crippen LogP contribution >= 0.6 is 34.8 Å². The van der Waals surface area contributed by atoms with Crippen LogP contribution in [0, 0.1) is 23.8 Å². The van der Waals surface area contributed by atoms with Gasteiger partial charge in [-0.05, 0) is 89.8 Å². The number of aliphatic hydroxyl groups is 1. The predicted molar refractivity (Wildman–Crippen MR) is 332 cm³/mol. The number of carbonyl (C=O) groups excluding carboxylic acids is 2. The third-order valence-corrected chi connectivity index (χ3v) is 13.5. The van der Waals surface area contributed by atoms with E-state index in [-0.39, 0.29) is 111 Å². The molecule has 0 aliphatic heterocycles. The second-order valence-corrected chi connectivity index (χ2v) is 24.8. The summed E-state index contributed by atoms with van der Waals surface area (Å²) in [7, 11) is -0.457. The summed E-state index contributed by atoms with van der Waals surface area (Å²) >= 11 is 17.9. The SMILES string of the molecule is C#Cc1c(-c2ccc(Cl)cc2)nc2ccccn12.CO.C[Si](C)(C)C#Cc1c(-c2ccc(Cl)cc2)nc2ccccn12.Clc1ccc(-c2nc3ccccn3c2-c2cc(Cc3ccccc3)no2)cc1.O=CCc1ccccc1.O=CO[O-].[H-].[K+].[K+]. The third kappa shape index (κ3) is 20.0. The van der Waals surface area contributed by atoms with Crippen molar-refractivity contribution in [3.8, 4) is 69.0 Å². The predicted octanol–water partition coefficient (Wildman–Crippen LogP) is 8.01. The van der Waals surface area contributed by atoms with Gasteiger partial charge in [0.15, 0.2) is 5.76 Å². The number of nitrogens with zero attached hydrogens (tertiary/aromatic N) is 7. The number of rotatable bonds is 9. The van der Waals surface area contributed by atoms with Gasteiger partial charge in [0.2, 0.25) is 0 Å². The van der Waals surface area contributed by atoms with Crippen LogP contribution in [0.2, 0.25) is 34.7 Å². The molecule has 0 spiro atoms. The van der Waals surface area contributed by atoms with E-state index in [4.69, 9.17) is 70.9 Å². The molecular weight excluding hydrogens is 1200 g/mol. The Kier molecular flexibility index (Phi) is 29.1. The Bertz CT molecular complexity index is 4150. The van der Waals surface area contributed by atoms with Crippen molar-refractivity contribution < 1.29 is 134 Å². The molecule has 0 unspecified atom stereocenters. The van der Waals surface area contributed by atoms with Gasteiger partial charge in [0.1, 0.15) is 65.5 Å². The van der Waals surface area contributed by atoms with E-state index < -0.39 is 8.07 Å². The summed E-state index contributed by atoms with van der Waals surface area (Å²) < 4.78 is 11.7. The van der Waals surface area contributed by atoms with Crippen molar-refractivity contribution in [1.29, 1.82) is 0 Å². The monoisotopic (exact) mass is 1250 g/mol. The molecule has 5 aromatic carbocycles. The molecule has 1 N–H and O–H groups in total. The number of halogens is 3. The number of carbonyl (C=O) groups is 2. The average molecular weight is 1260 g/mol. The molecule has 0 aliphatic rings. The first kappa shape index (κ1) is 69.7. The maximum Gasteiger partial charge on any atom is 1.00 e. The number of aldehydes is 1. The molecule has 0 saturated heterocycles. The number of aromatic nitrogens is 7. The van der Waals surface area contributed by atoms with E-state index in [0.717, 1.165) is 104 Å². The van der Waals surface area contributed by atoms with Crippen LogP contribution < -0.4 is 108 Å². The Morgan fingerprint density at radius 3 is 1.44 bits per heavy atom. The van der Waals surface area contributed by atoms with Crippen molar-refractivity contribution in [3.05, 3.63) is 256 Å². The number of terminal acetylenes is 1. The van der Waals surface area contributed by atoms with E-state index in [0.29, 0.717) is 22.2 Å². The second kappa shape index (κ2) is 35.5. The van der Waals surface area contributed by atoms with Crippen LogP contribution in [0.3, 0.4) is 0 Å². The Labute approximate surface area is 596 Å². The zero-order valence-electron chi connectivity index (χ0n) is 48.6. The fraction of sp³-hybridized carbons (Fsp3) is 0.0909. The second-order valence-electron chi connectivity index (χ2n) is 18.8. The average Bonchev–Trinajstić information content (AvgIpc) is 2.29. The van der Waals surface area contributed by atoms with Crippen LogP contribution in [0.5, 0.6) is 0 Å². The van der Waals surface area contributed by atoms with Gasteiger partial charge in [-0.3, -0.25) is 18.0 Å². The smallest absolute Gasteiger partial charge is 1.00 e. The maximum atomic E-state index is 9.97. The van der Waals surface area contributed by atoms with Gasteiger partial charge in [-0.2, -0.15) is 0 Å². The standard InChI is InChI=1S/C23H16ClN3O.C18H17ClN2Si.C15H9ClN2.C8H8O.CH2O3.CH4O.2K.H/c24-18-11-9-17(10-12-18)22-23(27-13-5-4-8-21(27)25-22)20-15-19(26-28-20)14-16-6-2-1-3-7-16;1-22(2,3)13-11-16-18(14-7-9-15(19)10-8-14)20-17-6-4-5-12-21(16)17;1-2-13-15(11-6-8-12(16)9-7-11)17-14-5-3-4-10-18(13)14;9-7-6-8-4-2-1-3-5-8;2-1-4-3;1-2;;;/h1-13,15H,14H2;4-10,12H,1-3H3;1,3-10H;1-5,7H,6H2;1,3H;2H,1H3;;;/q;;;;;;2*+1;-1/p-1. The zero-order chi connectivity index (χ0) is 59.1. The van der Waals surface area contributed by atoms with Crippen LogP contribution in [-0.4, -0.2) is 66.4 Å². The minimum absolute atomic E-state index is 0. The number of fused-ring (bicyclic) bond motifs is 3. The molecule has 13 nitrogen and oxygen atoms in total. The molecule has 0 bridgehead atoms. The van der Waals surface area contributed by atoms with E-state index >= 15 is 0 Å². The molecule has 0 saturated carbocycles. The molecule has 418 valence electrons. The summed E-state index contributed by atoms with van der Waals surface area (Å²) in [5, 5.41) is 21.8. The Hall–Kier alpha value is -6.08. The fourth-order valence-electron chi connectivity index (χ4n) is 8.18. The molecule has 12 aromatic rings. The molecule has 7 aromatic heterocycles. The number of hydrogen-bond donors (Lipinski definition) is 1. The van der Waals surface area contributed by atoms with Crippen LogP contribution in [-0.2, 0) is 27.3 Å². The number of aliphatic hydroxyl groups excluding tert-OH is 1. The van der Waals surface area contributed by atoms with Gasteiger partial charge >= 0.3 is 103 Å². The first-order chi connectivity index (χ1) is 40.4. The number of hydrogen-bond acceptors (Lipinski definition) is 10. The molecule has 0 fully saturated rings. The molecule has 0 atom stereocenters. The summed E-state index contributed by atoms with van der Waals surface area (Å²) in [6.45, 7) is 6.54. The Balaban J connectivity index is 0.000000247. The van der Waals surface area contributed by atoms with Gasteiger partial charge in [0, 0.05) is 76.4 Å². The molecule has 0 radical (unpaired) electrons. The van der Waals surface area contributed by atoms with Gasteiger partial charge < -0.3 is 26.0 Å². The van der Waals surface area contributed by atoms with Crippen molar-refractivity contribution in [2.45, 2.75) is 32.5 Å². The van der Waals surface area contributed by atoms with Gasteiger partial charge in [-0.1, -0.05) is 181 Å². The largest absolute Gasteiger partial charge is 1.00 e. The van der Waals surface area contributed by atoms with Crippen LogP contribution in [0.15, 0.2) is 217 Å². The normalized spacial score (nSPS) is 10.1. The zero-order valence-corrected chi connectivity index (χ0v) is 57.1. The summed E-state index contributed by atoms with van der Waals surface area (Å²) in [4.78, 5) is 35.3. The summed E-state index contributed by atoms with van der Waals surface area (Å²) in [6, 6.07) is 62.5. The van der Waals surface area contributed by atoms with E-state index in [1.54, 1.807) is 0 Å². The van der Waals surface area contributed by atoms with Crippen molar-refractivity contribution >= 4 is 72.6 Å². The van der Waals surface area contributed by atoms with Crippen molar-refractivity contribution in [3.63, 3.8) is 0 Å². The minimum Gasteiger partial charge on any atom is -1.00 e.